The predicted octanol–water partition coefficient (Wildman–Crippen LogP) is 1.81. The first-order valence-corrected chi connectivity index (χ1v) is 4.68. The molecule has 1 aromatic rings. The van der Waals surface area contributed by atoms with E-state index in [1.54, 1.807) is 20.9 Å². The maximum atomic E-state index is 10.7. The molecule has 0 aromatic carbocycles. The molecular weight excluding hydrogens is 206 g/mol. The van der Waals surface area contributed by atoms with Crippen LogP contribution in [0.2, 0.25) is 0 Å². The molecule has 0 fully saturated rings. The summed E-state index contributed by atoms with van der Waals surface area (Å²) >= 11 is 5.81. The molecule has 0 N–H and O–H groups in total. The smallest absolute Gasteiger partial charge is 0.265 e. The zero-order valence-electron chi connectivity index (χ0n) is 8.32. The lowest BCUT2D eigenvalue weighted by Gasteiger charge is -2.02. The predicted molar refractivity (Wildman–Crippen MR) is 53.6 cm³/mol. The minimum absolute atomic E-state index is 0.0833. The molecule has 1 atom stereocenters. The highest BCUT2D eigenvalue weighted by Crippen LogP contribution is 2.24. The second kappa shape index (κ2) is 3.96. The maximum absolute atomic E-state index is 10.7. The van der Waals surface area contributed by atoms with Gasteiger partial charge in [-0.05, 0) is 13.8 Å². The van der Waals surface area contributed by atoms with E-state index in [9.17, 15) is 10.1 Å². The highest BCUT2D eigenvalue weighted by molar-refractivity contribution is 6.20. The molecule has 1 unspecified atom stereocenters. The lowest BCUT2D eigenvalue weighted by molar-refractivity contribution is -0.386. The topological polar surface area (TPSA) is 61.0 Å². The average Bonchev–Trinajstić information content (AvgIpc) is 2.25. The van der Waals surface area contributed by atoms with Crippen LogP contribution >= 0.6 is 11.6 Å². The van der Waals surface area contributed by atoms with E-state index in [4.69, 9.17) is 11.6 Å². The van der Waals surface area contributed by atoms with Gasteiger partial charge in [0.2, 0.25) is 0 Å². The Hall–Kier alpha value is -1.10. The first-order chi connectivity index (χ1) is 6.43. The number of hydrogen-bond donors (Lipinski definition) is 0. The summed E-state index contributed by atoms with van der Waals surface area (Å²) in [5.74, 6) is 0. The van der Waals surface area contributed by atoms with Gasteiger partial charge in [-0.1, -0.05) is 0 Å². The van der Waals surface area contributed by atoms with Crippen molar-refractivity contribution in [2.24, 2.45) is 7.05 Å². The maximum Gasteiger partial charge on any atom is 0.313 e. The molecule has 0 aliphatic heterocycles. The summed E-state index contributed by atoms with van der Waals surface area (Å²) < 4.78 is 1.52. The summed E-state index contributed by atoms with van der Waals surface area (Å²) in [4.78, 5) is 10.3. The fraction of sp³-hybridized carbons (Fsp3) is 0.625. The molecule has 14 heavy (non-hydrogen) atoms. The first-order valence-electron chi connectivity index (χ1n) is 4.24. The molecule has 78 valence electrons. The van der Waals surface area contributed by atoms with Crippen molar-refractivity contribution in [3.05, 3.63) is 21.5 Å². The summed E-state index contributed by atoms with van der Waals surface area (Å²) in [5.41, 5.74) is 1.10. The lowest BCUT2D eigenvalue weighted by atomic mass is 10.2. The molecule has 1 rings (SSSR count). The van der Waals surface area contributed by atoms with Crippen LogP contribution in [-0.2, 0) is 13.5 Å². The van der Waals surface area contributed by atoms with Crippen LogP contribution in [0.4, 0.5) is 5.69 Å². The number of nitrogens with zero attached hydrogens (tertiary/aromatic N) is 3. The van der Waals surface area contributed by atoms with Crippen molar-refractivity contribution < 1.29 is 4.92 Å². The van der Waals surface area contributed by atoms with Crippen LogP contribution in [0.5, 0.6) is 0 Å². The van der Waals surface area contributed by atoms with Crippen molar-refractivity contribution in [2.45, 2.75) is 25.6 Å². The van der Waals surface area contributed by atoms with E-state index in [-0.39, 0.29) is 11.1 Å². The van der Waals surface area contributed by atoms with E-state index in [2.05, 4.69) is 5.10 Å². The van der Waals surface area contributed by atoms with Crippen molar-refractivity contribution in [3.63, 3.8) is 0 Å². The molecule has 0 aliphatic carbocycles. The van der Waals surface area contributed by atoms with Crippen LogP contribution in [0, 0.1) is 17.0 Å². The number of nitro groups is 1. The number of rotatable bonds is 3. The number of hydrogen-bond acceptors (Lipinski definition) is 3. The average molecular weight is 218 g/mol. The van der Waals surface area contributed by atoms with Gasteiger partial charge in [0.05, 0.1) is 4.92 Å². The zero-order valence-corrected chi connectivity index (χ0v) is 9.08. The van der Waals surface area contributed by atoms with E-state index < -0.39 is 4.92 Å². The molecule has 0 spiro atoms. The van der Waals surface area contributed by atoms with E-state index in [1.807, 2.05) is 0 Å². The normalized spacial score (nSPS) is 12.9. The molecule has 6 heteroatoms. The third-order valence-electron chi connectivity index (χ3n) is 1.96. The van der Waals surface area contributed by atoms with Crippen LogP contribution in [0.3, 0.4) is 0 Å². The van der Waals surface area contributed by atoms with Crippen LogP contribution in [0.1, 0.15) is 18.3 Å². The summed E-state index contributed by atoms with van der Waals surface area (Å²) in [6, 6.07) is 0. The SMILES string of the molecule is Cc1nn(C)c(CC(C)Cl)c1[N+](=O)[O-]. The summed E-state index contributed by atoms with van der Waals surface area (Å²) in [6.45, 7) is 3.42. The second-order valence-electron chi connectivity index (χ2n) is 3.25. The molecule has 1 aromatic heterocycles. The molecule has 5 nitrogen and oxygen atoms in total. The van der Waals surface area contributed by atoms with E-state index in [0.717, 1.165) is 0 Å². The number of halogens is 1. The third-order valence-corrected chi connectivity index (χ3v) is 2.12. The number of alkyl halides is 1. The van der Waals surface area contributed by atoms with Gasteiger partial charge >= 0.3 is 5.69 Å². The van der Waals surface area contributed by atoms with Gasteiger partial charge in [0.1, 0.15) is 11.4 Å². The third kappa shape index (κ3) is 2.04. The minimum atomic E-state index is -0.406. The van der Waals surface area contributed by atoms with Crippen molar-refractivity contribution in [3.8, 4) is 0 Å². The van der Waals surface area contributed by atoms with Crippen molar-refractivity contribution in [1.82, 2.24) is 9.78 Å². The Bertz CT molecular complexity index is 360. The van der Waals surface area contributed by atoms with Crippen LogP contribution < -0.4 is 0 Å². The van der Waals surface area contributed by atoms with Crippen LogP contribution in [0.15, 0.2) is 0 Å². The second-order valence-corrected chi connectivity index (χ2v) is 3.99. The number of aromatic nitrogens is 2. The van der Waals surface area contributed by atoms with Gasteiger partial charge < -0.3 is 0 Å². The first kappa shape index (κ1) is 11.0. The molecule has 0 radical (unpaired) electrons. The molecule has 1 heterocycles. The minimum Gasteiger partial charge on any atom is -0.265 e. The molecule has 0 aliphatic rings. The van der Waals surface area contributed by atoms with Crippen molar-refractivity contribution in [1.29, 1.82) is 0 Å². The van der Waals surface area contributed by atoms with Crippen molar-refractivity contribution in [2.75, 3.05) is 0 Å². The van der Waals surface area contributed by atoms with Crippen LogP contribution in [-0.4, -0.2) is 20.1 Å². The van der Waals surface area contributed by atoms with Crippen LogP contribution in [0.25, 0.3) is 0 Å². The highest BCUT2D eigenvalue weighted by Gasteiger charge is 2.24. The van der Waals surface area contributed by atoms with Gasteiger partial charge in [-0.15, -0.1) is 11.6 Å². The fourth-order valence-electron chi connectivity index (χ4n) is 1.43. The Labute approximate surface area is 86.8 Å². The van der Waals surface area contributed by atoms with Gasteiger partial charge in [0.25, 0.3) is 0 Å². The lowest BCUT2D eigenvalue weighted by Crippen LogP contribution is -2.06. The zero-order chi connectivity index (χ0) is 10.9. The van der Waals surface area contributed by atoms with E-state index in [0.29, 0.717) is 17.8 Å². The summed E-state index contributed by atoms with van der Waals surface area (Å²) in [7, 11) is 1.69. The quantitative estimate of drug-likeness (QED) is 0.441. The Morgan fingerprint density at radius 3 is 2.71 bits per heavy atom. The molecule has 0 saturated heterocycles. The largest absolute Gasteiger partial charge is 0.313 e. The monoisotopic (exact) mass is 217 g/mol. The van der Waals surface area contributed by atoms with Gasteiger partial charge in [0.15, 0.2) is 0 Å². The van der Waals surface area contributed by atoms with E-state index in [1.165, 1.54) is 4.68 Å². The Kier molecular flexibility index (Phi) is 3.10. The highest BCUT2D eigenvalue weighted by atomic mass is 35.5. The standard InChI is InChI=1S/C8H12ClN3O2/c1-5(9)4-7-8(12(13)14)6(2)10-11(7)3/h5H,4H2,1-3H3. The van der Waals surface area contributed by atoms with Crippen molar-refractivity contribution >= 4 is 17.3 Å². The Morgan fingerprint density at radius 2 is 2.29 bits per heavy atom. The van der Waals surface area contributed by atoms with Gasteiger partial charge in [-0.2, -0.15) is 5.10 Å². The van der Waals surface area contributed by atoms with E-state index >= 15 is 0 Å². The molecular formula is C8H12ClN3O2. The summed E-state index contributed by atoms with van der Waals surface area (Å²) in [6.07, 6.45) is 0.454. The number of aryl methyl sites for hydroxylation is 2. The fourth-order valence-corrected chi connectivity index (χ4v) is 1.57. The van der Waals surface area contributed by atoms with Gasteiger partial charge in [-0.3, -0.25) is 14.8 Å². The summed E-state index contributed by atoms with van der Waals surface area (Å²) in [5, 5.41) is 14.6. The Balaban J connectivity index is 3.18. The van der Waals surface area contributed by atoms with Gasteiger partial charge in [0, 0.05) is 18.8 Å². The Morgan fingerprint density at radius 1 is 1.71 bits per heavy atom. The van der Waals surface area contributed by atoms with Gasteiger partial charge in [-0.25, -0.2) is 0 Å². The molecule has 0 bridgehead atoms. The molecule has 0 amide bonds. The molecule has 0 saturated carbocycles.